The van der Waals surface area contributed by atoms with Gasteiger partial charge in [0.15, 0.2) is 6.29 Å². The second-order valence-electron chi connectivity index (χ2n) is 6.13. The van der Waals surface area contributed by atoms with Crippen molar-refractivity contribution in [3.63, 3.8) is 0 Å². The average molecular weight is 341 g/mol. The van der Waals surface area contributed by atoms with Gasteiger partial charge in [0.1, 0.15) is 18.5 Å². The normalized spacial score (nSPS) is 34.7. The minimum absolute atomic E-state index is 0.0947. The minimum Gasteiger partial charge on any atom is -0.491 e. The molecule has 2 fully saturated rings. The van der Waals surface area contributed by atoms with E-state index >= 15 is 0 Å². The first-order valence-corrected chi connectivity index (χ1v) is 8.17. The number of hydrogen-bond acceptors (Lipinski definition) is 5. The summed E-state index contributed by atoms with van der Waals surface area (Å²) in [7, 11) is 0. The van der Waals surface area contributed by atoms with Crippen molar-refractivity contribution in [1.82, 2.24) is 0 Å². The Balaban J connectivity index is 1.53. The summed E-state index contributed by atoms with van der Waals surface area (Å²) >= 11 is 5.87. The quantitative estimate of drug-likeness (QED) is 0.712. The monoisotopic (exact) mass is 340 g/mol. The summed E-state index contributed by atoms with van der Waals surface area (Å²) in [6.07, 6.45) is 2.34. The fourth-order valence-electron chi connectivity index (χ4n) is 3.38. The van der Waals surface area contributed by atoms with Crippen LogP contribution in [-0.2, 0) is 4.74 Å². The van der Waals surface area contributed by atoms with Crippen LogP contribution < -0.4 is 4.74 Å². The summed E-state index contributed by atoms with van der Waals surface area (Å²) in [5.41, 5.74) is 0. The van der Waals surface area contributed by atoms with Gasteiger partial charge in [-0.3, -0.25) is 0 Å². The lowest BCUT2D eigenvalue weighted by atomic mass is 9.91. The number of ether oxygens (including phenoxy) is 2. The Labute approximate surface area is 140 Å². The maximum Gasteiger partial charge on any atom is 0.155 e. The maximum atomic E-state index is 10.1. The molecule has 6 atom stereocenters. The predicted molar refractivity (Wildman–Crippen MR) is 85.2 cm³/mol. The molecule has 5 nitrogen and oxygen atoms in total. The van der Waals surface area contributed by atoms with E-state index in [9.17, 15) is 15.3 Å². The molecule has 1 aromatic rings. The Bertz CT molecular complexity index is 564. The van der Waals surface area contributed by atoms with E-state index in [0.717, 1.165) is 0 Å². The molecule has 1 saturated heterocycles. The van der Waals surface area contributed by atoms with Gasteiger partial charge in [0, 0.05) is 23.8 Å². The van der Waals surface area contributed by atoms with Crippen molar-refractivity contribution in [2.24, 2.45) is 11.8 Å². The molecule has 3 rings (SSSR count). The van der Waals surface area contributed by atoms with Crippen LogP contribution in [-0.4, -0.2) is 46.5 Å². The van der Waals surface area contributed by atoms with Crippen molar-refractivity contribution in [2.75, 3.05) is 6.61 Å². The number of halogens is 1. The van der Waals surface area contributed by atoms with Crippen LogP contribution in [0.5, 0.6) is 5.75 Å². The third-order valence-corrected chi connectivity index (χ3v) is 4.70. The number of rotatable bonds is 5. The highest BCUT2D eigenvalue weighted by molar-refractivity contribution is 6.30. The lowest BCUT2D eigenvalue weighted by Gasteiger charge is -2.17. The molecule has 0 radical (unpaired) electrons. The molecule has 126 valence electrons. The van der Waals surface area contributed by atoms with Crippen molar-refractivity contribution in [1.29, 1.82) is 0 Å². The van der Waals surface area contributed by atoms with E-state index < -0.39 is 18.5 Å². The first-order valence-electron chi connectivity index (χ1n) is 7.79. The number of hydrogen-bond donors (Lipinski definition) is 3. The highest BCUT2D eigenvalue weighted by Crippen LogP contribution is 2.43. The third-order valence-electron chi connectivity index (χ3n) is 4.47. The summed E-state index contributed by atoms with van der Waals surface area (Å²) in [6.45, 7) is 0.104. The molecule has 1 heterocycles. The van der Waals surface area contributed by atoms with Gasteiger partial charge < -0.3 is 24.8 Å². The van der Waals surface area contributed by atoms with Gasteiger partial charge in [0.2, 0.25) is 0 Å². The Kier molecular flexibility index (Phi) is 5.24. The van der Waals surface area contributed by atoms with E-state index in [1.165, 1.54) is 0 Å². The van der Waals surface area contributed by atoms with Crippen LogP contribution in [0.4, 0.5) is 0 Å². The third kappa shape index (κ3) is 4.05. The predicted octanol–water partition coefficient (Wildman–Crippen LogP) is 1.74. The molecule has 1 saturated carbocycles. The average Bonchev–Trinajstić information content (AvgIpc) is 2.98. The largest absolute Gasteiger partial charge is 0.491 e. The summed E-state index contributed by atoms with van der Waals surface area (Å²) in [6, 6.07) is 6.98. The van der Waals surface area contributed by atoms with Gasteiger partial charge in [-0.2, -0.15) is 0 Å². The van der Waals surface area contributed by atoms with Crippen LogP contribution in [0.25, 0.3) is 0 Å². The van der Waals surface area contributed by atoms with E-state index in [2.05, 4.69) is 0 Å². The minimum atomic E-state index is -0.785. The second kappa shape index (κ2) is 7.20. The number of aliphatic hydroxyl groups is 3. The first kappa shape index (κ1) is 16.7. The van der Waals surface area contributed by atoms with Gasteiger partial charge in [0.05, 0.1) is 12.2 Å². The molecule has 23 heavy (non-hydrogen) atoms. The van der Waals surface area contributed by atoms with Gasteiger partial charge in [-0.15, -0.1) is 0 Å². The van der Waals surface area contributed by atoms with Gasteiger partial charge in [-0.1, -0.05) is 29.8 Å². The van der Waals surface area contributed by atoms with Gasteiger partial charge >= 0.3 is 0 Å². The van der Waals surface area contributed by atoms with Crippen molar-refractivity contribution in [3.8, 4) is 5.75 Å². The van der Waals surface area contributed by atoms with Crippen molar-refractivity contribution < 1.29 is 24.8 Å². The van der Waals surface area contributed by atoms with E-state index in [4.69, 9.17) is 21.1 Å². The van der Waals surface area contributed by atoms with E-state index in [0.29, 0.717) is 23.6 Å². The number of benzene rings is 1. The molecule has 1 aliphatic carbocycles. The van der Waals surface area contributed by atoms with Crippen LogP contribution >= 0.6 is 11.6 Å². The lowest BCUT2D eigenvalue weighted by molar-refractivity contribution is -0.0949. The molecule has 1 aliphatic heterocycles. The Morgan fingerprint density at radius 1 is 1.35 bits per heavy atom. The number of fused-ring (bicyclic) bond motifs is 1. The van der Waals surface area contributed by atoms with Crippen molar-refractivity contribution in [2.45, 2.75) is 37.4 Å². The molecular formula is C17H21ClO5. The maximum absolute atomic E-state index is 10.1. The van der Waals surface area contributed by atoms with Gasteiger partial charge in [-0.25, -0.2) is 0 Å². The fourth-order valence-corrected chi connectivity index (χ4v) is 3.56. The summed E-state index contributed by atoms with van der Waals surface area (Å²) in [4.78, 5) is 0. The molecule has 3 N–H and O–H groups in total. The molecular weight excluding hydrogens is 320 g/mol. The van der Waals surface area contributed by atoms with Crippen molar-refractivity contribution >= 4 is 11.6 Å². The SMILES string of the molecule is O[C@H](/C=C/[C@@H]1[C@H]2C[C@@H](O)O[C@H]2C[C@H]1O)COc1cccc(Cl)c1. The molecule has 0 unspecified atom stereocenters. The highest BCUT2D eigenvalue weighted by Gasteiger charge is 2.47. The van der Waals surface area contributed by atoms with E-state index in [-0.39, 0.29) is 24.5 Å². The smallest absolute Gasteiger partial charge is 0.155 e. The van der Waals surface area contributed by atoms with Gasteiger partial charge in [-0.05, 0) is 24.1 Å². The molecule has 6 heteroatoms. The topological polar surface area (TPSA) is 79.2 Å². The van der Waals surface area contributed by atoms with Crippen LogP contribution in [0.2, 0.25) is 5.02 Å². The Morgan fingerprint density at radius 2 is 2.17 bits per heavy atom. The van der Waals surface area contributed by atoms with Crippen LogP contribution in [0.15, 0.2) is 36.4 Å². The summed E-state index contributed by atoms with van der Waals surface area (Å²) in [5.74, 6) is 0.577. The highest BCUT2D eigenvalue weighted by atomic mass is 35.5. The van der Waals surface area contributed by atoms with Gasteiger partial charge in [0.25, 0.3) is 0 Å². The molecule has 0 spiro atoms. The molecule has 0 bridgehead atoms. The lowest BCUT2D eigenvalue weighted by Crippen LogP contribution is -2.20. The Morgan fingerprint density at radius 3 is 2.96 bits per heavy atom. The molecule has 0 aromatic heterocycles. The summed E-state index contributed by atoms with van der Waals surface area (Å²) < 4.78 is 10.9. The Hall–Kier alpha value is -1.11. The molecule has 2 aliphatic rings. The van der Waals surface area contributed by atoms with E-state index in [1.807, 2.05) is 6.08 Å². The van der Waals surface area contributed by atoms with Crippen molar-refractivity contribution in [3.05, 3.63) is 41.4 Å². The first-order chi connectivity index (χ1) is 11.0. The fraction of sp³-hybridized carbons (Fsp3) is 0.529. The van der Waals surface area contributed by atoms with E-state index in [1.54, 1.807) is 30.3 Å². The zero-order valence-electron chi connectivity index (χ0n) is 12.6. The van der Waals surface area contributed by atoms with Crippen LogP contribution in [0.1, 0.15) is 12.8 Å². The number of aliphatic hydroxyl groups excluding tert-OH is 3. The molecule has 0 amide bonds. The second-order valence-corrected chi connectivity index (χ2v) is 6.57. The standard InChI is InChI=1S/C17H21ClO5/c18-10-2-1-3-12(6-10)22-9-11(19)4-5-13-14-7-17(21)23-16(14)8-15(13)20/h1-6,11,13-17,19-21H,7-9H2/b5-4+/t11-,13-,14-,15-,16+,17+/m1/s1. The van der Waals surface area contributed by atoms with Crippen LogP contribution in [0, 0.1) is 11.8 Å². The molecule has 1 aromatic carbocycles. The zero-order valence-corrected chi connectivity index (χ0v) is 13.3. The summed E-state index contributed by atoms with van der Waals surface area (Å²) in [5, 5.41) is 30.2. The zero-order chi connectivity index (χ0) is 16.4. The van der Waals surface area contributed by atoms with Crippen LogP contribution in [0.3, 0.4) is 0 Å².